The van der Waals surface area contributed by atoms with Gasteiger partial charge in [-0.2, -0.15) is 4.98 Å². The maximum Gasteiger partial charge on any atom is 0.258 e. The van der Waals surface area contributed by atoms with Crippen molar-refractivity contribution in [3.63, 3.8) is 0 Å². The van der Waals surface area contributed by atoms with Gasteiger partial charge in [-0.1, -0.05) is 11.2 Å². The van der Waals surface area contributed by atoms with Gasteiger partial charge in [0.25, 0.3) is 11.8 Å². The number of carbonyl (C=O) groups excluding carboxylic acids is 1. The molecule has 0 spiro atoms. The predicted molar refractivity (Wildman–Crippen MR) is 102 cm³/mol. The minimum atomic E-state index is -0.385. The van der Waals surface area contributed by atoms with Gasteiger partial charge >= 0.3 is 0 Å². The largest absolute Gasteiger partial charge is 0.334 e. The van der Waals surface area contributed by atoms with Gasteiger partial charge in [-0.05, 0) is 49.5 Å². The number of anilines is 1. The molecule has 144 valence electrons. The number of rotatable bonds is 4. The third-order valence-electron chi connectivity index (χ3n) is 4.72. The first kappa shape index (κ1) is 18.3. The Bertz CT molecular complexity index is 973. The summed E-state index contributed by atoms with van der Waals surface area (Å²) in [4.78, 5) is 19.0. The summed E-state index contributed by atoms with van der Waals surface area (Å²) in [6.45, 7) is 2.62. The fourth-order valence-corrected chi connectivity index (χ4v) is 3.12. The van der Waals surface area contributed by atoms with Gasteiger partial charge in [0.2, 0.25) is 0 Å². The van der Waals surface area contributed by atoms with Crippen LogP contribution in [0.15, 0.2) is 53.1 Å². The molecule has 4 rings (SSSR count). The van der Waals surface area contributed by atoms with Crippen molar-refractivity contribution in [1.29, 1.82) is 0 Å². The highest BCUT2D eigenvalue weighted by atomic mass is 19.1. The summed E-state index contributed by atoms with van der Waals surface area (Å²) in [6, 6.07) is 12.6. The van der Waals surface area contributed by atoms with Gasteiger partial charge in [0.05, 0.1) is 6.04 Å². The lowest BCUT2D eigenvalue weighted by Gasteiger charge is -2.30. The maximum atomic E-state index is 13.0. The number of piperazine rings is 1. The Hall–Kier alpha value is -3.10. The molecule has 2 N–H and O–H groups in total. The first-order valence-electron chi connectivity index (χ1n) is 9.02. The molecule has 1 saturated heterocycles. The van der Waals surface area contributed by atoms with E-state index in [2.05, 4.69) is 25.7 Å². The number of aromatic nitrogens is 2. The molecule has 2 aromatic carbocycles. The highest BCUT2D eigenvalue weighted by Gasteiger charge is 2.25. The SMILES string of the molecule is CN1CCNCC1c1noc(-c2cccc(NC(=O)c3ccc(F)cc3)c2)n1. The fourth-order valence-electron chi connectivity index (χ4n) is 3.12. The van der Waals surface area contributed by atoms with E-state index in [1.807, 2.05) is 13.1 Å². The van der Waals surface area contributed by atoms with Crippen molar-refractivity contribution in [3.8, 4) is 11.5 Å². The quantitative estimate of drug-likeness (QED) is 0.723. The monoisotopic (exact) mass is 381 g/mol. The molecular formula is C20H20FN5O2. The van der Waals surface area contributed by atoms with E-state index in [1.165, 1.54) is 24.3 Å². The first-order chi connectivity index (χ1) is 13.6. The Balaban J connectivity index is 1.51. The van der Waals surface area contributed by atoms with Crippen molar-refractivity contribution in [2.24, 2.45) is 0 Å². The second-order valence-electron chi connectivity index (χ2n) is 6.70. The average molecular weight is 381 g/mol. The maximum absolute atomic E-state index is 13.0. The van der Waals surface area contributed by atoms with Crippen LogP contribution >= 0.6 is 0 Å². The molecule has 1 aliphatic rings. The van der Waals surface area contributed by atoms with E-state index < -0.39 is 0 Å². The highest BCUT2D eigenvalue weighted by Crippen LogP contribution is 2.25. The van der Waals surface area contributed by atoms with Crippen LogP contribution in [0.5, 0.6) is 0 Å². The normalized spacial score (nSPS) is 17.4. The van der Waals surface area contributed by atoms with Crippen molar-refractivity contribution < 1.29 is 13.7 Å². The highest BCUT2D eigenvalue weighted by molar-refractivity contribution is 6.04. The van der Waals surface area contributed by atoms with E-state index >= 15 is 0 Å². The number of carbonyl (C=O) groups is 1. The van der Waals surface area contributed by atoms with Gasteiger partial charge in [0.15, 0.2) is 5.82 Å². The van der Waals surface area contributed by atoms with Crippen LogP contribution in [0.2, 0.25) is 0 Å². The third kappa shape index (κ3) is 3.92. The second kappa shape index (κ2) is 7.87. The van der Waals surface area contributed by atoms with Gasteiger partial charge in [0.1, 0.15) is 5.82 Å². The van der Waals surface area contributed by atoms with E-state index in [0.717, 1.165) is 19.6 Å². The smallest absolute Gasteiger partial charge is 0.258 e. The fraction of sp³-hybridized carbons (Fsp3) is 0.250. The molecule has 8 heteroatoms. The van der Waals surface area contributed by atoms with Crippen LogP contribution in [-0.2, 0) is 0 Å². The van der Waals surface area contributed by atoms with Crippen LogP contribution in [0.4, 0.5) is 10.1 Å². The summed E-state index contributed by atoms with van der Waals surface area (Å²) in [6.07, 6.45) is 0. The Kier molecular flexibility index (Phi) is 5.14. The number of nitrogens with one attached hydrogen (secondary N) is 2. The molecule has 1 aliphatic heterocycles. The predicted octanol–water partition coefficient (Wildman–Crippen LogP) is 2.70. The van der Waals surface area contributed by atoms with E-state index in [9.17, 15) is 9.18 Å². The summed E-state index contributed by atoms with van der Waals surface area (Å²) in [7, 11) is 2.03. The topological polar surface area (TPSA) is 83.3 Å². The summed E-state index contributed by atoms with van der Waals surface area (Å²) >= 11 is 0. The van der Waals surface area contributed by atoms with Crippen molar-refractivity contribution in [2.75, 3.05) is 32.0 Å². The number of likely N-dealkylation sites (N-methyl/N-ethyl adjacent to an activating group) is 1. The Morgan fingerprint density at radius 1 is 1.29 bits per heavy atom. The minimum Gasteiger partial charge on any atom is -0.334 e. The van der Waals surface area contributed by atoms with E-state index in [4.69, 9.17) is 4.52 Å². The lowest BCUT2D eigenvalue weighted by atomic mass is 10.1. The van der Waals surface area contributed by atoms with Crippen LogP contribution < -0.4 is 10.6 Å². The van der Waals surface area contributed by atoms with Crippen molar-refractivity contribution >= 4 is 11.6 Å². The van der Waals surface area contributed by atoms with Gasteiger partial charge in [-0.25, -0.2) is 4.39 Å². The zero-order chi connectivity index (χ0) is 19.5. The molecule has 1 amide bonds. The lowest BCUT2D eigenvalue weighted by Crippen LogP contribution is -2.44. The molecule has 1 aromatic heterocycles. The van der Waals surface area contributed by atoms with Crippen LogP contribution in [-0.4, -0.2) is 47.6 Å². The number of hydrogen-bond donors (Lipinski definition) is 2. The van der Waals surface area contributed by atoms with E-state index in [1.54, 1.807) is 18.2 Å². The molecule has 0 bridgehead atoms. The molecule has 28 heavy (non-hydrogen) atoms. The molecule has 1 unspecified atom stereocenters. The summed E-state index contributed by atoms with van der Waals surface area (Å²) in [5, 5.41) is 10.2. The van der Waals surface area contributed by atoms with Gasteiger partial charge in [-0.15, -0.1) is 0 Å². The standard InChI is InChI=1S/C20H20FN5O2/c1-26-10-9-22-12-17(26)18-24-20(28-25-18)14-3-2-4-16(11-14)23-19(27)13-5-7-15(21)8-6-13/h2-8,11,17,22H,9-10,12H2,1H3,(H,23,27). The summed E-state index contributed by atoms with van der Waals surface area (Å²) in [5.74, 6) is 0.320. The average Bonchev–Trinajstić information content (AvgIpc) is 3.19. The van der Waals surface area contributed by atoms with E-state index in [-0.39, 0.29) is 17.8 Å². The molecule has 2 heterocycles. The zero-order valence-electron chi connectivity index (χ0n) is 15.4. The Labute approximate surface area is 161 Å². The number of benzene rings is 2. The van der Waals surface area contributed by atoms with Crippen LogP contribution in [0.1, 0.15) is 22.2 Å². The molecule has 3 aromatic rings. The van der Waals surface area contributed by atoms with Crippen LogP contribution in [0.25, 0.3) is 11.5 Å². The Morgan fingerprint density at radius 2 is 2.11 bits per heavy atom. The summed E-state index contributed by atoms with van der Waals surface area (Å²) in [5.41, 5.74) is 1.67. The third-order valence-corrected chi connectivity index (χ3v) is 4.72. The first-order valence-corrected chi connectivity index (χ1v) is 9.02. The van der Waals surface area contributed by atoms with Crippen LogP contribution in [0, 0.1) is 5.82 Å². The zero-order valence-corrected chi connectivity index (χ0v) is 15.4. The number of halogens is 1. The van der Waals surface area contributed by atoms with Gasteiger partial charge < -0.3 is 15.2 Å². The molecule has 0 aliphatic carbocycles. The van der Waals surface area contributed by atoms with Crippen molar-refractivity contribution in [2.45, 2.75) is 6.04 Å². The molecule has 0 radical (unpaired) electrons. The van der Waals surface area contributed by atoms with Gasteiger partial charge in [-0.3, -0.25) is 9.69 Å². The van der Waals surface area contributed by atoms with E-state index in [0.29, 0.717) is 28.5 Å². The molecular weight excluding hydrogens is 361 g/mol. The second-order valence-corrected chi connectivity index (χ2v) is 6.70. The molecule has 7 nitrogen and oxygen atoms in total. The van der Waals surface area contributed by atoms with Gasteiger partial charge in [0, 0.05) is 36.4 Å². The number of nitrogens with zero attached hydrogens (tertiary/aromatic N) is 3. The molecule has 1 fully saturated rings. The molecule has 0 saturated carbocycles. The van der Waals surface area contributed by atoms with Crippen molar-refractivity contribution in [3.05, 3.63) is 65.7 Å². The van der Waals surface area contributed by atoms with Crippen molar-refractivity contribution in [1.82, 2.24) is 20.4 Å². The number of hydrogen-bond acceptors (Lipinski definition) is 6. The lowest BCUT2D eigenvalue weighted by molar-refractivity contribution is 0.102. The summed E-state index contributed by atoms with van der Waals surface area (Å²) < 4.78 is 18.5. The molecule has 1 atom stereocenters. The van der Waals surface area contributed by atoms with Crippen LogP contribution in [0.3, 0.4) is 0 Å². The Morgan fingerprint density at radius 3 is 2.89 bits per heavy atom. The minimum absolute atomic E-state index is 0.0626. The number of amides is 1.